The lowest BCUT2D eigenvalue weighted by atomic mass is 10.2. The summed E-state index contributed by atoms with van der Waals surface area (Å²) < 4.78 is 11.0. The minimum Gasteiger partial charge on any atom is -0.490 e. The Morgan fingerprint density at radius 2 is 1.95 bits per heavy atom. The van der Waals surface area contributed by atoms with Gasteiger partial charge in [0.05, 0.1) is 23.2 Å². The maximum atomic E-state index is 11.0. The molecular weight excluding hydrogens is 272 g/mol. The summed E-state index contributed by atoms with van der Waals surface area (Å²) in [4.78, 5) is 10.5. The Labute approximate surface area is 121 Å². The van der Waals surface area contributed by atoms with E-state index in [0.717, 1.165) is 0 Å². The van der Waals surface area contributed by atoms with Gasteiger partial charge in [-0.2, -0.15) is 5.26 Å². The summed E-state index contributed by atoms with van der Waals surface area (Å²) in [6, 6.07) is 12.7. The average molecular weight is 284 g/mol. The molecule has 0 amide bonds. The molecule has 0 N–H and O–H groups in total. The fourth-order valence-electron chi connectivity index (χ4n) is 1.74. The first-order chi connectivity index (χ1) is 10.2. The molecule has 0 bridgehead atoms. The molecule has 0 aliphatic heterocycles. The monoisotopic (exact) mass is 284 g/mol. The molecule has 2 rings (SSSR count). The summed E-state index contributed by atoms with van der Waals surface area (Å²) in [5.74, 6) is 0.813. The normalized spacial score (nSPS) is 9.71. The third-order valence-corrected chi connectivity index (χ3v) is 2.65. The minimum atomic E-state index is -0.515. The van der Waals surface area contributed by atoms with Gasteiger partial charge in [0.2, 0.25) is 5.75 Å². The lowest BCUT2D eigenvalue weighted by Crippen LogP contribution is -1.97. The van der Waals surface area contributed by atoms with Gasteiger partial charge in [0.25, 0.3) is 0 Å². The quantitative estimate of drug-likeness (QED) is 0.617. The number of para-hydroxylation sites is 2. The van der Waals surface area contributed by atoms with Gasteiger partial charge in [-0.1, -0.05) is 12.1 Å². The summed E-state index contributed by atoms with van der Waals surface area (Å²) in [6.45, 7) is 2.19. The fraction of sp³-hybridized carbons (Fsp3) is 0.133. The molecule has 6 heteroatoms. The lowest BCUT2D eigenvalue weighted by molar-refractivity contribution is -0.385. The van der Waals surface area contributed by atoms with Crippen molar-refractivity contribution in [2.75, 3.05) is 6.61 Å². The highest BCUT2D eigenvalue weighted by Crippen LogP contribution is 2.36. The molecule has 0 radical (unpaired) electrons. The van der Waals surface area contributed by atoms with E-state index < -0.39 is 4.92 Å². The van der Waals surface area contributed by atoms with Crippen LogP contribution in [0.2, 0.25) is 0 Å². The van der Waals surface area contributed by atoms with Crippen LogP contribution in [0.25, 0.3) is 0 Å². The number of nitro benzene ring substituents is 1. The topological polar surface area (TPSA) is 85.4 Å². The first-order valence-electron chi connectivity index (χ1n) is 6.24. The number of rotatable bonds is 5. The molecule has 6 nitrogen and oxygen atoms in total. The van der Waals surface area contributed by atoms with E-state index in [4.69, 9.17) is 14.7 Å². The van der Waals surface area contributed by atoms with Crippen LogP contribution in [0.15, 0.2) is 42.5 Å². The Morgan fingerprint density at radius 1 is 1.19 bits per heavy atom. The van der Waals surface area contributed by atoms with E-state index in [1.807, 2.05) is 6.07 Å². The number of hydrogen-bond acceptors (Lipinski definition) is 5. The zero-order valence-electron chi connectivity index (χ0n) is 11.3. The van der Waals surface area contributed by atoms with Crippen molar-refractivity contribution in [2.24, 2.45) is 0 Å². The summed E-state index contributed by atoms with van der Waals surface area (Å²) in [5, 5.41) is 19.9. The molecule has 0 heterocycles. The van der Waals surface area contributed by atoms with Crippen LogP contribution in [0.4, 0.5) is 5.69 Å². The second-order valence-electron chi connectivity index (χ2n) is 4.03. The van der Waals surface area contributed by atoms with Crippen LogP contribution in [0.1, 0.15) is 12.5 Å². The lowest BCUT2D eigenvalue weighted by Gasteiger charge is -2.11. The van der Waals surface area contributed by atoms with Crippen LogP contribution in [0.3, 0.4) is 0 Å². The first-order valence-corrected chi connectivity index (χ1v) is 6.24. The van der Waals surface area contributed by atoms with Crippen molar-refractivity contribution in [3.63, 3.8) is 0 Å². The molecule has 0 fully saturated rings. The predicted octanol–water partition coefficient (Wildman–Crippen LogP) is 3.66. The Morgan fingerprint density at radius 3 is 2.62 bits per heavy atom. The fourth-order valence-corrected chi connectivity index (χ4v) is 1.74. The molecule has 0 aromatic heterocycles. The Kier molecular flexibility index (Phi) is 4.36. The van der Waals surface area contributed by atoms with Crippen LogP contribution in [0.5, 0.6) is 17.2 Å². The highest BCUT2D eigenvalue weighted by Gasteiger charge is 2.16. The molecule has 0 saturated heterocycles. The second kappa shape index (κ2) is 6.39. The van der Waals surface area contributed by atoms with Crippen molar-refractivity contribution in [3.05, 3.63) is 58.1 Å². The SMILES string of the molecule is CCOc1cc(C#N)ccc1Oc1ccccc1[N+](=O)[O-]. The molecule has 2 aromatic carbocycles. The summed E-state index contributed by atoms with van der Waals surface area (Å²) in [7, 11) is 0. The van der Waals surface area contributed by atoms with Crippen molar-refractivity contribution < 1.29 is 14.4 Å². The maximum Gasteiger partial charge on any atom is 0.311 e. The Bertz CT molecular complexity index is 707. The van der Waals surface area contributed by atoms with Gasteiger partial charge in [0.15, 0.2) is 11.5 Å². The van der Waals surface area contributed by atoms with E-state index in [2.05, 4.69) is 0 Å². The summed E-state index contributed by atoms with van der Waals surface area (Å²) in [6.07, 6.45) is 0. The van der Waals surface area contributed by atoms with Gasteiger partial charge < -0.3 is 9.47 Å². The van der Waals surface area contributed by atoms with Crippen LogP contribution < -0.4 is 9.47 Å². The van der Waals surface area contributed by atoms with Gasteiger partial charge in [-0.05, 0) is 25.1 Å². The smallest absolute Gasteiger partial charge is 0.311 e. The van der Waals surface area contributed by atoms with Crippen molar-refractivity contribution >= 4 is 5.69 Å². The standard InChI is InChI=1S/C15H12N2O4/c1-2-20-15-9-11(10-16)7-8-14(15)21-13-6-4-3-5-12(13)17(18)19/h3-9H,2H2,1H3. The van der Waals surface area contributed by atoms with Crippen molar-refractivity contribution in [1.82, 2.24) is 0 Å². The van der Waals surface area contributed by atoms with Crippen molar-refractivity contribution in [3.8, 4) is 23.3 Å². The predicted molar refractivity (Wildman–Crippen MR) is 75.5 cm³/mol. The Balaban J connectivity index is 2.40. The van der Waals surface area contributed by atoms with E-state index >= 15 is 0 Å². The molecular formula is C15H12N2O4. The van der Waals surface area contributed by atoms with Crippen LogP contribution >= 0.6 is 0 Å². The Hall–Kier alpha value is -3.07. The summed E-state index contributed by atoms with van der Waals surface area (Å²) in [5.41, 5.74) is 0.290. The number of ether oxygens (including phenoxy) is 2. The third kappa shape index (κ3) is 3.28. The molecule has 0 spiro atoms. The molecule has 0 aliphatic rings. The average Bonchev–Trinajstić information content (AvgIpc) is 2.49. The molecule has 106 valence electrons. The van der Waals surface area contributed by atoms with Gasteiger partial charge >= 0.3 is 5.69 Å². The maximum absolute atomic E-state index is 11.0. The first kappa shape index (κ1) is 14.3. The molecule has 2 aromatic rings. The minimum absolute atomic E-state index is 0.119. The number of nitrogens with zero attached hydrogens (tertiary/aromatic N) is 2. The second-order valence-corrected chi connectivity index (χ2v) is 4.03. The summed E-state index contributed by atoms with van der Waals surface area (Å²) >= 11 is 0. The van der Waals surface area contributed by atoms with Gasteiger partial charge in [0, 0.05) is 12.1 Å². The highest BCUT2D eigenvalue weighted by molar-refractivity contribution is 5.52. The van der Waals surface area contributed by atoms with Crippen LogP contribution in [0, 0.1) is 21.4 Å². The van der Waals surface area contributed by atoms with E-state index in [0.29, 0.717) is 23.7 Å². The van der Waals surface area contributed by atoms with Gasteiger partial charge in [-0.15, -0.1) is 0 Å². The molecule has 0 aliphatic carbocycles. The van der Waals surface area contributed by atoms with Gasteiger partial charge in [-0.25, -0.2) is 0 Å². The molecule has 21 heavy (non-hydrogen) atoms. The zero-order valence-corrected chi connectivity index (χ0v) is 11.3. The van der Waals surface area contributed by atoms with Gasteiger partial charge in [0.1, 0.15) is 0 Å². The van der Waals surface area contributed by atoms with Crippen molar-refractivity contribution in [1.29, 1.82) is 5.26 Å². The van der Waals surface area contributed by atoms with Crippen LogP contribution in [-0.2, 0) is 0 Å². The van der Waals surface area contributed by atoms with E-state index in [1.165, 1.54) is 18.2 Å². The van der Waals surface area contributed by atoms with E-state index in [-0.39, 0.29) is 11.4 Å². The van der Waals surface area contributed by atoms with Crippen LogP contribution in [-0.4, -0.2) is 11.5 Å². The number of nitriles is 1. The molecule has 0 atom stereocenters. The number of hydrogen-bond donors (Lipinski definition) is 0. The van der Waals surface area contributed by atoms with E-state index in [1.54, 1.807) is 31.2 Å². The van der Waals surface area contributed by atoms with Gasteiger partial charge in [-0.3, -0.25) is 10.1 Å². The largest absolute Gasteiger partial charge is 0.490 e. The number of nitro groups is 1. The third-order valence-electron chi connectivity index (χ3n) is 2.65. The van der Waals surface area contributed by atoms with Crippen molar-refractivity contribution in [2.45, 2.75) is 6.92 Å². The molecule has 0 saturated carbocycles. The zero-order chi connectivity index (χ0) is 15.2. The molecule has 0 unspecified atom stereocenters. The van der Waals surface area contributed by atoms with E-state index in [9.17, 15) is 10.1 Å². The highest BCUT2D eigenvalue weighted by atomic mass is 16.6. The number of benzene rings is 2.